The summed E-state index contributed by atoms with van der Waals surface area (Å²) in [6, 6.07) is 11.9. The summed E-state index contributed by atoms with van der Waals surface area (Å²) in [6.07, 6.45) is 0.720. The van der Waals surface area contributed by atoms with Gasteiger partial charge in [-0.3, -0.25) is 9.48 Å². The molecule has 1 amide bonds. The minimum absolute atomic E-state index is 0.0998. The van der Waals surface area contributed by atoms with Crippen molar-refractivity contribution < 1.29 is 9.53 Å². The van der Waals surface area contributed by atoms with Crippen LogP contribution in [0.5, 0.6) is 0 Å². The minimum atomic E-state index is -0.173. The summed E-state index contributed by atoms with van der Waals surface area (Å²) in [5.74, 6) is 0.134. The first-order chi connectivity index (χ1) is 12.2. The van der Waals surface area contributed by atoms with E-state index in [9.17, 15) is 4.79 Å². The second kappa shape index (κ2) is 8.49. The van der Waals surface area contributed by atoms with Crippen LogP contribution in [0.4, 0.5) is 0 Å². The molecule has 0 aliphatic carbocycles. The van der Waals surface area contributed by atoms with Gasteiger partial charge in [-0.05, 0) is 44.7 Å². The number of nitrogens with zero attached hydrogens (tertiary/aromatic N) is 2. The molecule has 0 saturated heterocycles. The van der Waals surface area contributed by atoms with Crippen molar-refractivity contribution in [2.75, 3.05) is 13.7 Å². The van der Waals surface area contributed by atoms with Gasteiger partial charge in [-0.15, -0.1) is 0 Å². The van der Waals surface area contributed by atoms with Crippen molar-refractivity contribution in [1.29, 1.82) is 0 Å². The van der Waals surface area contributed by atoms with E-state index in [0.29, 0.717) is 18.2 Å². The number of hydrogen-bond donors (Lipinski definition) is 1. The van der Waals surface area contributed by atoms with Gasteiger partial charge in [0.15, 0.2) is 0 Å². The molecular weight excluding hydrogens is 326 g/mol. The molecule has 2 aromatic rings. The van der Waals surface area contributed by atoms with Gasteiger partial charge in [-0.1, -0.05) is 44.2 Å². The number of hydrogen-bond acceptors (Lipinski definition) is 3. The molecule has 1 N–H and O–H groups in total. The summed E-state index contributed by atoms with van der Waals surface area (Å²) in [5.41, 5.74) is 2.51. The molecule has 0 unspecified atom stereocenters. The molecule has 1 heterocycles. The van der Waals surface area contributed by atoms with Crippen molar-refractivity contribution >= 4 is 5.91 Å². The lowest BCUT2D eigenvalue weighted by atomic mass is 10.1. The average Bonchev–Trinajstić information content (AvgIpc) is 3.02. The molecule has 1 aromatic heterocycles. The lowest BCUT2D eigenvalue weighted by Crippen LogP contribution is -2.40. The Morgan fingerprint density at radius 1 is 1.23 bits per heavy atom. The molecule has 0 saturated carbocycles. The summed E-state index contributed by atoms with van der Waals surface area (Å²) < 4.78 is 7.25. The van der Waals surface area contributed by atoms with E-state index in [1.54, 1.807) is 7.11 Å². The van der Waals surface area contributed by atoms with Crippen molar-refractivity contribution in [2.45, 2.75) is 58.5 Å². The maximum absolute atomic E-state index is 12.8. The summed E-state index contributed by atoms with van der Waals surface area (Å²) in [5, 5.41) is 7.66. The van der Waals surface area contributed by atoms with Crippen LogP contribution in [-0.4, -0.2) is 35.4 Å². The number of carbonyl (C=O) groups excluding carboxylic acids is 1. The van der Waals surface area contributed by atoms with Crippen molar-refractivity contribution in [2.24, 2.45) is 0 Å². The number of aromatic nitrogens is 2. The van der Waals surface area contributed by atoms with Crippen LogP contribution in [0.15, 0.2) is 36.4 Å². The van der Waals surface area contributed by atoms with Gasteiger partial charge in [0.05, 0.1) is 18.2 Å². The molecule has 5 heteroatoms. The summed E-state index contributed by atoms with van der Waals surface area (Å²) in [7, 11) is 1.65. The third-order valence-corrected chi connectivity index (χ3v) is 4.22. The Balaban J connectivity index is 2.18. The van der Waals surface area contributed by atoms with Crippen molar-refractivity contribution in [3.63, 3.8) is 0 Å². The van der Waals surface area contributed by atoms with Gasteiger partial charge in [-0.2, -0.15) is 5.10 Å². The van der Waals surface area contributed by atoms with Crippen molar-refractivity contribution in [3.05, 3.63) is 53.3 Å². The molecule has 142 valence electrons. The molecule has 0 aliphatic heterocycles. The van der Waals surface area contributed by atoms with Gasteiger partial charge < -0.3 is 10.1 Å². The lowest BCUT2D eigenvalue weighted by molar-refractivity contribution is 0.0890. The van der Waals surface area contributed by atoms with Crippen LogP contribution in [0.1, 0.15) is 62.3 Å². The third kappa shape index (κ3) is 5.18. The number of carbonyl (C=O) groups is 1. The van der Waals surface area contributed by atoms with Crippen LogP contribution in [0.2, 0.25) is 0 Å². The van der Waals surface area contributed by atoms with Gasteiger partial charge >= 0.3 is 0 Å². The maximum atomic E-state index is 12.8. The Kier molecular flexibility index (Phi) is 6.59. The Morgan fingerprint density at radius 2 is 1.88 bits per heavy atom. The van der Waals surface area contributed by atoms with Gasteiger partial charge in [0.25, 0.3) is 5.91 Å². The Morgan fingerprint density at radius 3 is 2.38 bits per heavy atom. The van der Waals surface area contributed by atoms with E-state index in [1.807, 2.05) is 28.9 Å². The molecule has 0 bridgehead atoms. The number of methoxy groups -OCH3 is 1. The first-order valence-corrected chi connectivity index (χ1v) is 9.16. The largest absolute Gasteiger partial charge is 0.383 e. The maximum Gasteiger partial charge on any atom is 0.272 e. The molecular formula is C21H31N3O2. The average molecular weight is 357 g/mol. The zero-order valence-corrected chi connectivity index (χ0v) is 16.7. The fraction of sp³-hybridized carbons (Fsp3) is 0.524. The van der Waals surface area contributed by atoms with E-state index in [-0.39, 0.29) is 17.5 Å². The Hall–Kier alpha value is -2.14. The Bertz CT molecular complexity index is 715. The van der Waals surface area contributed by atoms with Gasteiger partial charge in [0.1, 0.15) is 5.69 Å². The molecule has 0 aliphatic rings. The normalized spacial score (nSPS) is 13.0. The highest BCUT2D eigenvalue weighted by atomic mass is 16.5. The van der Waals surface area contributed by atoms with E-state index in [4.69, 9.17) is 4.74 Å². The van der Waals surface area contributed by atoms with Gasteiger partial charge in [-0.25, -0.2) is 0 Å². The van der Waals surface area contributed by atoms with Crippen molar-refractivity contribution in [1.82, 2.24) is 15.1 Å². The Labute approximate surface area is 156 Å². The van der Waals surface area contributed by atoms with Crippen LogP contribution in [0, 0.1) is 0 Å². The first kappa shape index (κ1) is 20.2. The van der Waals surface area contributed by atoms with Crippen LogP contribution >= 0.6 is 0 Å². The number of ether oxygens (including phenoxy) is 1. The van der Waals surface area contributed by atoms with E-state index in [0.717, 1.165) is 17.7 Å². The lowest BCUT2D eigenvalue weighted by Gasteiger charge is -2.23. The van der Waals surface area contributed by atoms with Crippen LogP contribution < -0.4 is 5.32 Å². The molecule has 0 radical (unpaired) electrons. The topological polar surface area (TPSA) is 56.1 Å². The fourth-order valence-corrected chi connectivity index (χ4v) is 2.97. The molecule has 1 aromatic carbocycles. The first-order valence-electron chi connectivity index (χ1n) is 9.16. The highest BCUT2D eigenvalue weighted by molar-refractivity contribution is 5.92. The number of amides is 1. The van der Waals surface area contributed by atoms with Crippen molar-refractivity contribution in [3.8, 4) is 0 Å². The predicted molar refractivity (Wildman–Crippen MR) is 105 cm³/mol. The van der Waals surface area contributed by atoms with E-state index >= 15 is 0 Å². The molecule has 0 spiro atoms. The van der Waals surface area contributed by atoms with E-state index in [2.05, 4.69) is 57.2 Å². The molecule has 0 fully saturated rings. The smallest absolute Gasteiger partial charge is 0.272 e. The van der Waals surface area contributed by atoms with Crippen LogP contribution in [0.3, 0.4) is 0 Å². The fourth-order valence-electron chi connectivity index (χ4n) is 2.97. The molecule has 5 nitrogen and oxygen atoms in total. The monoisotopic (exact) mass is 357 g/mol. The zero-order chi connectivity index (χ0) is 19.3. The standard InChI is InChI=1S/C21H31N3O2/c1-15(2)19-13-18(23-24(19)21(3,4)5)20(25)22-17(14-26-6)12-16-10-8-7-9-11-16/h7-11,13,15,17H,12,14H2,1-6H3,(H,22,25)/t17-/m1/s1. The quantitative estimate of drug-likeness (QED) is 0.821. The highest BCUT2D eigenvalue weighted by Gasteiger charge is 2.24. The predicted octanol–water partition coefficient (Wildman–Crippen LogP) is 3.75. The second-order valence-electron chi connectivity index (χ2n) is 8.01. The third-order valence-electron chi connectivity index (χ3n) is 4.22. The number of benzene rings is 1. The van der Waals surface area contributed by atoms with Gasteiger partial charge in [0.2, 0.25) is 0 Å². The van der Waals surface area contributed by atoms with Crippen LogP contribution in [0.25, 0.3) is 0 Å². The minimum Gasteiger partial charge on any atom is -0.383 e. The van der Waals surface area contributed by atoms with E-state index < -0.39 is 0 Å². The molecule has 2 rings (SSSR count). The summed E-state index contributed by atoms with van der Waals surface area (Å²) >= 11 is 0. The summed E-state index contributed by atoms with van der Waals surface area (Å²) in [6.45, 7) is 11.0. The summed E-state index contributed by atoms with van der Waals surface area (Å²) in [4.78, 5) is 12.8. The van der Waals surface area contributed by atoms with Gasteiger partial charge in [0, 0.05) is 12.8 Å². The second-order valence-corrected chi connectivity index (χ2v) is 8.01. The highest BCUT2D eigenvalue weighted by Crippen LogP contribution is 2.23. The SMILES string of the molecule is COC[C@@H](Cc1ccccc1)NC(=O)c1cc(C(C)C)n(C(C)(C)C)n1. The van der Waals surface area contributed by atoms with E-state index in [1.165, 1.54) is 0 Å². The zero-order valence-electron chi connectivity index (χ0n) is 16.7. The number of rotatable bonds is 7. The van der Waals surface area contributed by atoms with Crippen LogP contribution in [-0.2, 0) is 16.7 Å². The molecule has 26 heavy (non-hydrogen) atoms. The number of nitrogens with one attached hydrogen (secondary N) is 1. The molecule has 1 atom stereocenters.